The molecule has 0 saturated heterocycles. The molecule has 1 aromatic rings. The molecule has 0 aliphatic heterocycles. The fourth-order valence-corrected chi connectivity index (χ4v) is 3.65. The van der Waals surface area contributed by atoms with Gasteiger partial charge in [-0.05, 0) is 54.7 Å². The molecule has 2 nitrogen and oxygen atoms in total. The molecule has 1 N–H and O–H groups in total. The summed E-state index contributed by atoms with van der Waals surface area (Å²) in [4.78, 5) is 0. The van der Waals surface area contributed by atoms with Crippen LogP contribution < -0.4 is 5.32 Å². The topological polar surface area (TPSA) is 25.2 Å². The Balaban J connectivity index is 2.15. The van der Waals surface area contributed by atoms with Crippen molar-refractivity contribution < 1.29 is 4.42 Å². The minimum atomic E-state index is 0.193. The maximum Gasteiger partial charge on any atom is 0.0940 e. The standard InChI is InChI=1S/C17H29NO/c1-5-9-18-16-11-13(2)6-7-15(16)17(3,4)14-8-10-19-12-14/h8,10,12-13,15-16,18H,5-7,9,11H2,1-4H3. The highest BCUT2D eigenvalue weighted by Gasteiger charge is 2.40. The summed E-state index contributed by atoms with van der Waals surface area (Å²) >= 11 is 0. The molecule has 1 aromatic heterocycles. The fraction of sp³-hybridized carbons (Fsp3) is 0.765. The SMILES string of the molecule is CCCNC1CC(C)CCC1C(C)(C)c1ccoc1. The molecule has 1 aliphatic rings. The summed E-state index contributed by atoms with van der Waals surface area (Å²) in [7, 11) is 0. The molecule has 1 aliphatic carbocycles. The number of hydrogen-bond donors (Lipinski definition) is 1. The first-order valence-corrected chi connectivity index (χ1v) is 7.81. The maximum atomic E-state index is 5.31. The minimum Gasteiger partial charge on any atom is -0.472 e. The third kappa shape index (κ3) is 3.22. The van der Waals surface area contributed by atoms with Gasteiger partial charge in [0.25, 0.3) is 0 Å². The van der Waals surface area contributed by atoms with Crippen LogP contribution in [0.25, 0.3) is 0 Å². The fourth-order valence-electron chi connectivity index (χ4n) is 3.65. The molecule has 3 atom stereocenters. The molecule has 0 amide bonds. The van der Waals surface area contributed by atoms with Crippen LogP contribution in [0.3, 0.4) is 0 Å². The van der Waals surface area contributed by atoms with E-state index in [9.17, 15) is 0 Å². The summed E-state index contributed by atoms with van der Waals surface area (Å²) in [6.07, 6.45) is 8.93. The van der Waals surface area contributed by atoms with E-state index in [0.29, 0.717) is 12.0 Å². The van der Waals surface area contributed by atoms with Gasteiger partial charge in [0.15, 0.2) is 0 Å². The van der Waals surface area contributed by atoms with Gasteiger partial charge in [0.1, 0.15) is 0 Å². The second-order valence-electron chi connectivity index (χ2n) is 6.82. The Hall–Kier alpha value is -0.760. The van der Waals surface area contributed by atoms with Crippen molar-refractivity contribution in [1.82, 2.24) is 5.32 Å². The van der Waals surface area contributed by atoms with Gasteiger partial charge in [-0.1, -0.05) is 34.1 Å². The molecule has 1 heterocycles. The molecule has 2 heteroatoms. The lowest BCUT2D eigenvalue weighted by Crippen LogP contribution is -2.48. The van der Waals surface area contributed by atoms with Crippen LogP contribution in [0, 0.1) is 11.8 Å². The molecular formula is C17H29NO. The van der Waals surface area contributed by atoms with Crippen LogP contribution in [0.15, 0.2) is 23.0 Å². The third-order valence-corrected chi connectivity index (χ3v) is 4.96. The summed E-state index contributed by atoms with van der Waals surface area (Å²) < 4.78 is 5.31. The Morgan fingerprint density at radius 2 is 2.16 bits per heavy atom. The molecule has 0 spiro atoms. The van der Waals surface area contributed by atoms with E-state index in [1.807, 2.05) is 6.26 Å². The highest BCUT2D eigenvalue weighted by molar-refractivity contribution is 5.21. The number of rotatable bonds is 5. The van der Waals surface area contributed by atoms with E-state index in [0.717, 1.165) is 12.5 Å². The smallest absolute Gasteiger partial charge is 0.0940 e. The van der Waals surface area contributed by atoms with E-state index in [1.165, 1.54) is 31.2 Å². The highest BCUT2D eigenvalue weighted by atomic mass is 16.3. The van der Waals surface area contributed by atoms with Crippen molar-refractivity contribution in [2.45, 2.75) is 64.8 Å². The van der Waals surface area contributed by atoms with Crippen LogP contribution in [0.1, 0.15) is 58.9 Å². The van der Waals surface area contributed by atoms with Crippen LogP contribution in [0.2, 0.25) is 0 Å². The van der Waals surface area contributed by atoms with Gasteiger partial charge >= 0.3 is 0 Å². The molecule has 0 aromatic carbocycles. The van der Waals surface area contributed by atoms with Crippen molar-refractivity contribution in [2.75, 3.05) is 6.54 Å². The lowest BCUT2D eigenvalue weighted by Gasteiger charge is -2.44. The lowest BCUT2D eigenvalue weighted by atomic mass is 9.64. The van der Waals surface area contributed by atoms with E-state index in [4.69, 9.17) is 4.42 Å². The van der Waals surface area contributed by atoms with E-state index < -0.39 is 0 Å². The average molecular weight is 263 g/mol. The number of hydrogen-bond acceptors (Lipinski definition) is 2. The van der Waals surface area contributed by atoms with Gasteiger partial charge in [0.05, 0.1) is 12.5 Å². The van der Waals surface area contributed by atoms with Crippen LogP contribution in [-0.2, 0) is 5.41 Å². The molecule has 0 radical (unpaired) electrons. The zero-order chi connectivity index (χ0) is 13.9. The van der Waals surface area contributed by atoms with Gasteiger partial charge in [0.2, 0.25) is 0 Å². The summed E-state index contributed by atoms with van der Waals surface area (Å²) in [5, 5.41) is 3.79. The second kappa shape index (κ2) is 6.13. The van der Waals surface area contributed by atoms with Crippen molar-refractivity contribution in [2.24, 2.45) is 11.8 Å². The Morgan fingerprint density at radius 3 is 2.79 bits per heavy atom. The number of furan rings is 1. The van der Waals surface area contributed by atoms with Gasteiger partial charge in [-0.15, -0.1) is 0 Å². The van der Waals surface area contributed by atoms with Gasteiger partial charge in [-0.25, -0.2) is 0 Å². The van der Waals surface area contributed by atoms with Crippen LogP contribution in [-0.4, -0.2) is 12.6 Å². The zero-order valence-electron chi connectivity index (χ0n) is 12.9. The molecule has 0 bridgehead atoms. The maximum absolute atomic E-state index is 5.31. The van der Waals surface area contributed by atoms with Gasteiger partial charge in [-0.2, -0.15) is 0 Å². The van der Waals surface area contributed by atoms with Crippen LogP contribution in [0.5, 0.6) is 0 Å². The molecule has 108 valence electrons. The lowest BCUT2D eigenvalue weighted by molar-refractivity contribution is 0.145. The summed E-state index contributed by atoms with van der Waals surface area (Å²) in [5.74, 6) is 1.55. The van der Waals surface area contributed by atoms with Crippen molar-refractivity contribution in [3.05, 3.63) is 24.2 Å². The van der Waals surface area contributed by atoms with Gasteiger partial charge in [-0.3, -0.25) is 0 Å². The van der Waals surface area contributed by atoms with E-state index >= 15 is 0 Å². The monoisotopic (exact) mass is 263 g/mol. The second-order valence-corrected chi connectivity index (χ2v) is 6.82. The van der Waals surface area contributed by atoms with Crippen molar-refractivity contribution in [3.8, 4) is 0 Å². The van der Waals surface area contributed by atoms with Gasteiger partial charge < -0.3 is 9.73 Å². The predicted molar refractivity (Wildman–Crippen MR) is 80.3 cm³/mol. The Labute approximate surface area is 118 Å². The first-order chi connectivity index (χ1) is 9.05. The first kappa shape index (κ1) is 14.6. The Kier molecular flexibility index (Phi) is 4.72. The van der Waals surface area contributed by atoms with Crippen LogP contribution in [0.4, 0.5) is 0 Å². The largest absolute Gasteiger partial charge is 0.472 e. The minimum absolute atomic E-state index is 0.193. The summed E-state index contributed by atoms with van der Waals surface area (Å²) in [6.45, 7) is 10.5. The molecule has 3 unspecified atom stereocenters. The average Bonchev–Trinajstić information content (AvgIpc) is 2.90. The van der Waals surface area contributed by atoms with E-state index in [-0.39, 0.29) is 5.41 Å². The zero-order valence-corrected chi connectivity index (χ0v) is 12.9. The Morgan fingerprint density at radius 1 is 1.37 bits per heavy atom. The summed E-state index contributed by atoms with van der Waals surface area (Å²) in [5.41, 5.74) is 1.54. The molecular weight excluding hydrogens is 234 g/mol. The molecule has 19 heavy (non-hydrogen) atoms. The van der Waals surface area contributed by atoms with Crippen molar-refractivity contribution in [3.63, 3.8) is 0 Å². The molecule has 1 fully saturated rings. The third-order valence-electron chi connectivity index (χ3n) is 4.96. The van der Waals surface area contributed by atoms with E-state index in [2.05, 4.69) is 39.1 Å². The van der Waals surface area contributed by atoms with Crippen molar-refractivity contribution in [1.29, 1.82) is 0 Å². The number of nitrogens with one attached hydrogen (secondary N) is 1. The summed E-state index contributed by atoms with van der Waals surface area (Å²) in [6, 6.07) is 2.78. The van der Waals surface area contributed by atoms with Crippen molar-refractivity contribution >= 4 is 0 Å². The van der Waals surface area contributed by atoms with Gasteiger partial charge in [0, 0.05) is 6.04 Å². The van der Waals surface area contributed by atoms with E-state index in [1.54, 1.807) is 6.26 Å². The van der Waals surface area contributed by atoms with Crippen LogP contribution >= 0.6 is 0 Å². The first-order valence-electron chi connectivity index (χ1n) is 7.81. The normalized spacial score (nSPS) is 28.5. The molecule has 2 rings (SSSR count). The quantitative estimate of drug-likeness (QED) is 0.853. The Bertz CT molecular complexity index is 369. The highest BCUT2D eigenvalue weighted by Crippen LogP contribution is 2.42. The molecule has 1 saturated carbocycles. The predicted octanol–water partition coefficient (Wildman–Crippen LogP) is 4.36.